The van der Waals surface area contributed by atoms with Gasteiger partial charge in [0.1, 0.15) is 0 Å². The second-order valence-electron chi connectivity index (χ2n) is 5.28. The lowest BCUT2D eigenvalue weighted by Crippen LogP contribution is -2.48. The second kappa shape index (κ2) is 5.99. The third kappa shape index (κ3) is 2.96. The van der Waals surface area contributed by atoms with Crippen molar-refractivity contribution in [2.75, 3.05) is 26.3 Å². The van der Waals surface area contributed by atoms with Gasteiger partial charge in [-0.3, -0.25) is 4.90 Å². The maximum absolute atomic E-state index is 5.51. The van der Waals surface area contributed by atoms with E-state index >= 15 is 0 Å². The summed E-state index contributed by atoms with van der Waals surface area (Å²) in [7, 11) is 0. The van der Waals surface area contributed by atoms with Crippen LogP contribution in [-0.4, -0.2) is 49.3 Å². The minimum atomic E-state index is 0.615. The van der Waals surface area contributed by atoms with Crippen LogP contribution < -0.4 is 5.32 Å². The molecule has 0 aromatic carbocycles. The molecule has 1 aliphatic heterocycles. The molecular formula is C13H26N2O. The van der Waals surface area contributed by atoms with E-state index in [4.69, 9.17) is 4.74 Å². The van der Waals surface area contributed by atoms with Gasteiger partial charge in [0, 0.05) is 24.7 Å². The average Bonchev–Trinajstić information content (AvgIpc) is 2.75. The number of ether oxygens (including phenoxy) is 1. The van der Waals surface area contributed by atoms with Crippen LogP contribution in [0.3, 0.4) is 0 Å². The third-order valence-electron chi connectivity index (χ3n) is 3.98. The highest BCUT2D eigenvalue weighted by atomic mass is 16.5. The summed E-state index contributed by atoms with van der Waals surface area (Å²) in [6.07, 6.45) is 5.31. The molecule has 94 valence electrons. The van der Waals surface area contributed by atoms with E-state index in [-0.39, 0.29) is 0 Å². The lowest BCUT2D eigenvalue weighted by Gasteiger charge is -2.38. The van der Waals surface area contributed by atoms with Crippen molar-refractivity contribution in [2.24, 2.45) is 0 Å². The molecule has 1 saturated carbocycles. The summed E-state index contributed by atoms with van der Waals surface area (Å²) in [6, 6.07) is 2.18. The van der Waals surface area contributed by atoms with Crippen LogP contribution >= 0.6 is 0 Å². The Labute approximate surface area is 99.5 Å². The van der Waals surface area contributed by atoms with E-state index in [0.29, 0.717) is 6.04 Å². The zero-order chi connectivity index (χ0) is 11.4. The Balaban J connectivity index is 1.78. The maximum atomic E-state index is 5.51. The molecule has 1 N–H and O–H groups in total. The summed E-state index contributed by atoms with van der Waals surface area (Å²) in [5, 5.41) is 3.66. The van der Waals surface area contributed by atoms with Crippen LogP contribution in [0.2, 0.25) is 0 Å². The van der Waals surface area contributed by atoms with Gasteiger partial charge in [0.2, 0.25) is 0 Å². The van der Waals surface area contributed by atoms with Crippen LogP contribution in [0.5, 0.6) is 0 Å². The first kappa shape index (κ1) is 12.3. The van der Waals surface area contributed by atoms with Gasteiger partial charge in [-0.25, -0.2) is 0 Å². The van der Waals surface area contributed by atoms with Gasteiger partial charge in [-0.05, 0) is 39.2 Å². The van der Waals surface area contributed by atoms with Gasteiger partial charge < -0.3 is 10.1 Å². The quantitative estimate of drug-likeness (QED) is 0.788. The van der Waals surface area contributed by atoms with Gasteiger partial charge in [-0.15, -0.1) is 0 Å². The molecule has 0 aromatic heterocycles. The predicted octanol–water partition coefficient (Wildman–Crippen LogP) is 1.63. The van der Waals surface area contributed by atoms with Crippen molar-refractivity contribution in [1.82, 2.24) is 10.2 Å². The lowest BCUT2D eigenvalue weighted by molar-refractivity contribution is -0.0209. The Morgan fingerprint density at radius 3 is 3.00 bits per heavy atom. The van der Waals surface area contributed by atoms with E-state index in [1.54, 1.807) is 0 Å². The van der Waals surface area contributed by atoms with E-state index in [0.717, 1.165) is 31.8 Å². The minimum Gasteiger partial charge on any atom is -0.379 e. The SMILES string of the molecule is CCCNC1CCC(N2CCOCC2C)C1. The van der Waals surface area contributed by atoms with Crippen molar-refractivity contribution in [1.29, 1.82) is 0 Å². The molecule has 0 amide bonds. The Bertz CT molecular complexity index is 210. The fraction of sp³-hybridized carbons (Fsp3) is 1.00. The molecule has 3 nitrogen and oxygen atoms in total. The highest BCUT2D eigenvalue weighted by molar-refractivity contribution is 4.89. The summed E-state index contributed by atoms with van der Waals surface area (Å²) in [6.45, 7) is 8.69. The Hall–Kier alpha value is -0.120. The van der Waals surface area contributed by atoms with Crippen LogP contribution in [0, 0.1) is 0 Å². The monoisotopic (exact) mass is 226 g/mol. The first-order valence-electron chi connectivity index (χ1n) is 6.88. The second-order valence-corrected chi connectivity index (χ2v) is 5.28. The fourth-order valence-electron chi connectivity index (χ4n) is 3.08. The standard InChI is InChI=1S/C13H26N2O/c1-3-6-14-12-4-5-13(9-12)15-7-8-16-10-11(15)2/h11-14H,3-10H2,1-2H3. The normalized spacial score (nSPS) is 36.8. The Morgan fingerprint density at radius 1 is 1.38 bits per heavy atom. The van der Waals surface area contributed by atoms with Crippen LogP contribution in [0.1, 0.15) is 39.5 Å². The molecule has 3 unspecified atom stereocenters. The number of rotatable bonds is 4. The zero-order valence-corrected chi connectivity index (χ0v) is 10.7. The summed E-state index contributed by atoms with van der Waals surface area (Å²) in [5.74, 6) is 0. The number of nitrogens with zero attached hydrogens (tertiary/aromatic N) is 1. The molecule has 1 saturated heterocycles. The van der Waals surface area contributed by atoms with Crippen molar-refractivity contribution in [3.63, 3.8) is 0 Å². The first-order valence-corrected chi connectivity index (χ1v) is 6.88. The average molecular weight is 226 g/mol. The molecule has 16 heavy (non-hydrogen) atoms. The van der Waals surface area contributed by atoms with E-state index < -0.39 is 0 Å². The maximum Gasteiger partial charge on any atom is 0.0619 e. The van der Waals surface area contributed by atoms with E-state index in [1.165, 1.54) is 32.2 Å². The van der Waals surface area contributed by atoms with Gasteiger partial charge in [0.15, 0.2) is 0 Å². The van der Waals surface area contributed by atoms with E-state index in [1.807, 2.05) is 0 Å². The number of nitrogens with one attached hydrogen (secondary N) is 1. The predicted molar refractivity (Wildman–Crippen MR) is 66.7 cm³/mol. The summed E-state index contributed by atoms with van der Waals surface area (Å²) in [4.78, 5) is 2.66. The van der Waals surface area contributed by atoms with Crippen LogP contribution in [0.25, 0.3) is 0 Å². The van der Waals surface area contributed by atoms with Crippen molar-refractivity contribution in [2.45, 2.75) is 57.7 Å². The third-order valence-corrected chi connectivity index (χ3v) is 3.98. The fourth-order valence-corrected chi connectivity index (χ4v) is 3.08. The molecule has 2 fully saturated rings. The van der Waals surface area contributed by atoms with Crippen LogP contribution in [0.4, 0.5) is 0 Å². The van der Waals surface area contributed by atoms with Gasteiger partial charge in [0.25, 0.3) is 0 Å². The zero-order valence-electron chi connectivity index (χ0n) is 10.7. The summed E-state index contributed by atoms with van der Waals surface area (Å²) < 4.78 is 5.51. The van der Waals surface area contributed by atoms with Gasteiger partial charge >= 0.3 is 0 Å². The molecule has 1 aliphatic carbocycles. The lowest BCUT2D eigenvalue weighted by atomic mass is 10.1. The molecule has 0 spiro atoms. The molecule has 3 atom stereocenters. The number of hydrogen-bond donors (Lipinski definition) is 1. The van der Waals surface area contributed by atoms with E-state index in [2.05, 4.69) is 24.1 Å². The molecule has 0 aromatic rings. The number of morpholine rings is 1. The smallest absolute Gasteiger partial charge is 0.0619 e. The highest BCUT2D eigenvalue weighted by Gasteiger charge is 2.32. The van der Waals surface area contributed by atoms with Gasteiger partial charge in [-0.2, -0.15) is 0 Å². The number of hydrogen-bond acceptors (Lipinski definition) is 3. The van der Waals surface area contributed by atoms with Crippen molar-refractivity contribution in [3.8, 4) is 0 Å². The molecule has 1 heterocycles. The molecule has 0 radical (unpaired) electrons. The van der Waals surface area contributed by atoms with Crippen molar-refractivity contribution >= 4 is 0 Å². The van der Waals surface area contributed by atoms with Crippen LogP contribution in [0.15, 0.2) is 0 Å². The summed E-state index contributed by atoms with van der Waals surface area (Å²) >= 11 is 0. The van der Waals surface area contributed by atoms with Crippen molar-refractivity contribution < 1.29 is 4.74 Å². The molecule has 2 aliphatic rings. The first-order chi connectivity index (χ1) is 7.81. The highest BCUT2D eigenvalue weighted by Crippen LogP contribution is 2.26. The van der Waals surface area contributed by atoms with Crippen LogP contribution in [-0.2, 0) is 4.74 Å². The Morgan fingerprint density at radius 2 is 2.25 bits per heavy atom. The largest absolute Gasteiger partial charge is 0.379 e. The van der Waals surface area contributed by atoms with Gasteiger partial charge in [0.05, 0.1) is 13.2 Å². The van der Waals surface area contributed by atoms with E-state index in [9.17, 15) is 0 Å². The van der Waals surface area contributed by atoms with Gasteiger partial charge in [-0.1, -0.05) is 6.92 Å². The summed E-state index contributed by atoms with van der Waals surface area (Å²) in [5.41, 5.74) is 0. The molecule has 0 bridgehead atoms. The topological polar surface area (TPSA) is 24.5 Å². The Kier molecular flexibility index (Phi) is 4.62. The molecule has 2 rings (SSSR count). The minimum absolute atomic E-state index is 0.615. The molecule has 3 heteroatoms. The molecular weight excluding hydrogens is 200 g/mol. The van der Waals surface area contributed by atoms with Crippen molar-refractivity contribution in [3.05, 3.63) is 0 Å².